The normalized spacial score (nSPS) is 31.7. The van der Waals surface area contributed by atoms with Crippen LogP contribution in [-0.4, -0.2) is 0 Å². The van der Waals surface area contributed by atoms with Crippen LogP contribution in [0.15, 0.2) is 36.9 Å². The molecule has 23 heavy (non-hydrogen) atoms. The number of rotatable bonds is 5. The summed E-state index contributed by atoms with van der Waals surface area (Å²) in [5.41, 5.74) is 1.50. The minimum Gasteiger partial charge on any atom is -0.103 e. The molecule has 0 aromatic heterocycles. The van der Waals surface area contributed by atoms with Gasteiger partial charge < -0.3 is 0 Å². The lowest BCUT2D eigenvalue weighted by Crippen LogP contribution is -2.17. The molecule has 3 rings (SSSR count). The van der Waals surface area contributed by atoms with Gasteiger partial charge in [-0.05, 0) is 92.7 Å². The van der Waals surface area contributed by atoms with Crippen molar-refractivity contribution in [3.63, 3.8) is 0 Å². The van der Waals surface area contributed by atoms with Crippen molar-refractivity contribution in [1.82, 2.24) is 0 Å². The van der Waals surface area contributed by atoms with E-state index in [4.69, 9.17) is 11.6 Å². The third-order valence-corrected chi connectivity index (χ3v) is 6.65. The summed E-state index contributed by atoms with van der Waals surface area (Å²) in [5, 5.41) is 0.855. The van der Waals surface area contributed by atoms with E-state index < -0.39 is 0 Å². The Bertz CT molecular complexity index is 473. The van der Waals surface area contributed by atoms with Gasteiger partial charge in [0.25, 0.3) is 0 Å². The molecule has 0 bridgehead atoms. The van der Waals surface area contributed by atoms with Crippen LogP contribution in [0.5, 0.6) is 0 Å². The van der Waals surface area contributed by atoms with Crippen molar-refractivity contribution in [2.45, 2.75) is 70.1 Å². The zero-order valence-corrected chi connectivity index (χ0v) is 15.1. The Morgan fingerprint density at radius 1 is 0.826 bits per heavy atom. The van der Waals surface area contributed by atoms with Gasteiger partial charge in [0.1, 0.15) is 0 Å². The van der Waals surface area contributed by atoms with Gasteiger partial charge in [-0.15, -0.1) is 6.58 Å². The second kappa shape index (κ2) is 8.38. The Morgan fingerprint density at radius 3 is 1.87 bits per heavy atom. The van der Waals surface area contributed by atoms with Crippen LogP contribution in [0.2, 0.25) is 5.02 Å². The summed E-state index contributed by atoms with van der Waals surface area (Å²) < 4.78 is 0. The summed E-state index contributed by atoms with van der Waals surface area (Å²) in [6.45, 7) is 3.96. The minimum atomic E-state index is 0.770. The molecule has 2 aliphatic rings. The smallest absolute Gasteiger partial charge is 0.0406 e. The van der Waals surface area contributed by atoms with Gasteiger partial charge >= 0.3 is 0 Å². The third kappa shape index (κ3) is 4.86. The van der Waals surface area contributed by atoms with Crippen LogP contribution in [0.1, 0.15) is 75.7 Å². The molecule has 0 amide bonds. The number of hydrogen-bond acceptors (Lipinski definition) is 0. The van der Waals surface area contributed by atoms with Gasteiger partial charge in [0, 0.05) is 5.02 Å². The van der Waals surface area contributed by atoms with Crippen molar-refractivity contribution in [2.75, 3.05) is 0 Å². The number of halogens is 1. The van der Waals surface area contributed by atoms with E-state index in [1.165, 1.54) is 69.8 Å². The zero-order valence-electron chi connectivity index (χ0n) is 14.4. The van der Waals surface area contributed by atoms with Crippen LogP contribution in [0, 0.1) is 17.8 Å². The van der Waals surface area contributed by atoms with Crippen LogP contribution >= 0.6 is 11.6 Å². The van der Waals surface area contributed by atoms with E-state index in [-0.39, 0.29) is 0 Å². The molecule has 1 aromatic rings. The van der Waals surface area contributed by atoms with Crippen LogP contribution in [-0.2, 0) is 0 Å². The molecule has 1 heteroatoms. The topological polar surface area (TPSA) is 0 Å². The molecular formula is C22H31Cl. The summed E-state index contributed by atoms with van der Waals surface area (Å²) in [4.78, 5) is 0. The molecular weight excluding hydrogens is 300 g/mol. The largest absolute Gasteiger partial charge is 0.103 e. The second-order valence-electron chi connectivity index (χ2n) is 7.86. The molecule has 126 valence electrons. The molecule has 0 N–H and O–H groups in total. The van der Waals surface area contributed by atoms with E-state index in [1.54, 1.807) is 0 Å². The Morgan fingerprint density at radius 2 is 1.35 bits per heavy atom. The molecule has 0 nitrogen and oxygen atoms in total. The van der Waals surface area contributed by atoms with E-state index in [0.29, 0.717) is 0 Å². The van der Waals surface area contributed by atoms with E-state index >= 15 is 0 Å². The number of hydrogen-bond donors (Lipinski definition) is 0. The number of benzene rings is 1. The van der Waals surface area contributed by atoms with Crippen LogP contribution in [0.25, 0.3) is 0 Å². The summed E-state index contributed by atoms with van der Waals surface area (Å²) in [5.74, 6) is 3.56. The molecule has 2 fully saturated rings. The fourth-order valence-corrected chi connectivity index (χ4v) is 4.83. The standard InChI is InChI=1S/C22H31Cl/c1-2-17-3-5-18(6-4-17)7-8-19-9-11-20(12-10-19)21-13-15-22(23)16-14-21/h2,13-20H,1,3-12H2/t17-,18-,19?,20?. The number of allylic oxidation sites excluding steroid dienone is 1. The maximum absolute atomic E-state index is 6.00. The molecule has 2 saturated carbocycles. The van der Waals surface area contributed by atoms with Gasteiger partial charge in [0.15, 0.2) is 0 Å². The third-order valence-electron chi connectivity index (χ3n) is 6.40. The van der Waals surface area contributed by atoms with Gasteiger partial charge in [-0.2, -0.15) is 0 Å². The highest BCUT2D eigenvalue weighted by atomic mass is 35.5. The van der Waals surface area contributed by atoms with E-state index in [2.05, 4.69) is 24.8 Å². The first kappa shape index (κ1) is 17.1. The summed E-state index contributed by atoms with van der Waals surface area (Å²) in [6.07, 6.45) is 16.4. The van der Waals surface area contributed by atoms with Crippen molar-refractivity contribution in [1.29, 1.82) is 0 Å². The fourth-order valence-electron chi connectivity index (χ4n) is 4.70. The Labute approximate surface area is 147 Å². The zero-order chi connectivity index (χ0) is 16.1. The minimum absolute atomic E-state index is 0.770. The van der Waals surface area contributed by atoms with E-state index in [9.17, 15) is 0 Å². The van der Waals surface area contributed by atoms with Crippen LogP contribution < -0.4 is 0 Å². The SMILES string of the molecule is C=C[C@H]1CC[C@H](CCC2CCC(c3ccc(Cl)cc3)CC2)CC1. The Kier molecular flexibility index (Phi) is 6.22. The van der Waals surface area contributed by atoms with Gasteiger partial charge in [-0.3, -0.25) is 0 Å². The van der Waals surface area contributed by atoms with Crippen molar-refractivity contribution < 1.29 is 0 Å². The second-order valence-corrected chi connectivity index (χ2v) is 8.30. The fraction of sp³-hybridized carbons (Fsp3) is 0.636. The molecule has 0 spiro atoms. The van der Waals surface area contributed by atoms with E-state index in [0.717, 1.165) is 28.7 Å². The lowest BCUT2D eigenvalue weighted by atomic mass is 9.74. The highest BCUT2D eigenvalue weighted by Crippen LogP contribution is 2.40. The monoisotopic (exact) mass is 330 g/mol. The van der Waals surface area contributed by atoms with Crippen molar-refractivity contribution in [3.05, 3.63) is 47.5 Å². The van der Waals surface area contributed by atoms with Crippen molar-refractivity contribution >= 4 is 11.6 Å². The Balaban J connectivity index is 1.38. The summed E-state index contributed by atoms with van der Waals surface area (Å²) in [6, 6.07) is 8.54. The van der Waals surface area contributed by atoms with Crippen molar-refractivity contribution in [3.8, 4) is 0 Å². The van der Waals surface area contributed by atoms with Gasteiger partial charge in [-0.25, -0.2) is 0 Å². The predicted octanol–water partition coefficient (Wildman–Crippen LogP) is 7.39. The summed E-state index contributed by atoms with van der Waals surface area (Å²) >= 11 is 6.00. The first-order valence-corrected chi connectivity index (χ1v) is 10.0. The van der Waals surface area contributed by atoms with Crippen LogP contribution in [0.3, 0.4) is 0 Å². The molecule has 0 unspecified atom stereocenters. The average molecular weight is 331 g/mol. The van der Waals surface area contributed by atoms with E-state index in [1.807, 2.05) is 12.1 Å². The van der Waals surface area contributed by atoms with Gasteiger partial charge in [-0.1, -0.05) is 42.7 Å². The average Bonchev–Trinajstić information content (AvgIpc) is 2.61. The molecule has 0 saturated heterocycles. The maximum Gasteiger partial charge on any atom is 0.0406 e. The predicted molar refractivity (Wildman–Crippen MR) is 101 cm³/mol. The Hall–Kier alpha value is -0.750. The molecule has 2 aliphatic carbocycles. The molecule has 0 radical (unpaired) electrons. The first-order valence-electron chi connectivity index (χ1n) is 9.62. The lowest BCUT2D eigenvalue weighted by Gasteiger charge is -2.31. The highest BCUT2D eigenvalue weighted by Gasteiger charge is 2.24. The van der Waals surface area contributed by atoms with Gasteiger partial charge in [0.2, 0.25) is 0 Å². The maximum atomic E-state index is 6.00. The molecule has 1 aromatic carbocycles. The highest BCUT2D eigenvalue weighted by molar-refractivity contribution is 6.30. The quantitative estimate of drug-likeness (QED) is 0.494. The molecule has 0 aliphatic heterocycles. The molecule has 0 atom stereocenters. The summed E-state index contributed by atoms with van der Waals surface area (Å²) in [7, 11) is 0. The first-order chi connectivity index (χ1) is 11.2. The van der Waals surface area contributed by atoms with Crippen LogP contribution in [0.4, 0.5) is 0 Å². The van der Waals surface area contributed by atoms with Gasteiger partial charge in [0.05, 0.1) is 0 Å². The molecule has 0 heterocycles. The lowest BCUT2D eigenvalue weighted by molar-refractivity contribution is 0.246. The van der Waals surface area contributed by atoms with Crippen molar-refractivity contribution in [2.24, 2.45) is 17.8 Å².